The summed E-state index contributed by atoms with van der Waals surface area (Å²) in [5.74, 6) is 0. The fraction of sp³-hybridized carbons (Fsp3) is 0.667. The van der Waals surface area contributed by atoms with Crippen molar-refractivity contribution in [2.24, 2.45) is 7.05 Å². The Morgan fingerprint density at radius 2 is 1.96 bits per heavy atom. The smallest absolute Gasteiger partial charge is 0.332 e. The summed E-state index contributed by atoms with van der Waals surface area (Å²) in [6.07, 6.45) is 3.81. The van der Waals surface area contributed by atoms with Crippen molar-refractivity contribution in [1.82, 2.24) is 19.1 Å². The van der Waals surface area contributed by atoms with E-state index in [2.05, 4.69) is 9.97 Å². The molecule has 0 spiro atoms. The van der Waals surface area contributed by atoms with Crippen molar-refractivity contribution >= 4 is 18.8 Å². The predicted octanol–water partition coefficient (Wildman–Crippen LogP) is 1.86. The zero-order valence-corrected chi connectivity index (χ0v) is 15.8. The zero-order chi connectivity index (χ0) is 18.4. The Bertz CT molecular complexity index is 869. The lowest BCUT2D eigenvalue weighted by atomic mass is 10.2. The molecule has 0 aliphatic carbocycles. The lowest BCUT2D eigenvalue weighted by Crippen LogP contribution is -2.39. The van der Waals surface area contributed by atoms with Gasteiger partial charge in [0.2, 0.25) is 0 Å². The van der Waals surface area contributed by atoms with E-state index in [-0.39, 0.29) is 11.2 Å². The van der Waals surface area contributed by atoms with Crippen molar-refractivity contribution in [2.75, 3.05) is 19.4 Å². The van der Waals surface area contributed by atoms with Gasteiger partial charge in [-0.25, -0.2) is 9.78 Å². The summed E-state index contributed by atoms with van der Waals surface area (Å²) in [5.41, 5.74) is -0.0664. The number of imidazole rings is 1. The van der Waals surface area contributed by atoms with E-state index in [0.29, 0.717) is 49.9 Å². The van der Waals surface area contributed by atoms with Crippen LogP contribution in [0, 0.1) is 0 Å². The molecule has 9 nitrogen and oxygen atoms in total. The van der Waals surface area contributed by atoms with E-state index in [1.165, 1.54) is 15.5 Å². The third kappa shape index (κ3) is 4.48. The molecule has 25 heavy (non-hydrogen) atoms. The molecule has 0 aliphatic rings. The SMILES string of the molecule is CCOP(=O)(CC)OCCCCCn1c(=O)c2[nH]cnc2n(C)c1=O. The van der Waals surface area contributed by atoms with Crippen LogP contribution in [0.2, 0.25) is 0 Å². The van der Waals surface area contributed by atoms with Crippen molar-refractivity contribution in [1.29, 1.82) is 0 Å². The largest absolute Gasteiger partial charge is 0.339 e. The summed E-state index contributed by atoms with van der Waals surface area (Å²) in [6.45, 7) is 4.55. The van der Waals surface area contributed by atoms with Gasteiger partial charge < -0.3 is 14.0 Å². The first-order valence-electron chi connectivity index (χ1n) is 8.44. The second-order valence-corrected chi connectivity index (χ2v) is 8.01. The minimum absolute atomic E-state index is 0.317. The molecular weight excluding hydrogens is 347 g/mol. The van der Waals surface area contributed by atoms with Crippen LogP contribution in [0.4, 0.5) is 0 Å². The van der Waals surface area contributed by atoms with Gasteiger partial charge in [-0.05, 0) is 26.2 Å². The second kappa shape index (κ2) is 8.60. The van der Waals surface area contributed by atoms with E-state index in [1.54, 1.807) is 20.9 Å². The highest BCUT2D eigenvalue weighted by Gasteiger charge is 2.20. The van der Waals surface area contributed by atoms with Gasteiger partial charge in [0.1, 0.15) is 5.52 Å². The van der Waals surface area contributed by atoms with Gasteiger partial charge in [0.05, 0.1) is 19.5 Å². The van der Waals surface area contributed by atoms with Gasteiger partial charge in [-0.1, -0.05) is 6.92 Å². The average Bonchev–Trinajstić information content (AvgIpc) is 3.09. The van der Waals surface area contributed by atoms with E-state index in [9.17, 15) is 14.2 Å². The number of unbranched alkanes of at least 4 members (excludes halogenated alkanes) is 2. The fourth-order valence-corrected chi connectivity index (χ4v) is 3.80. The van der Waals surface area contributed by atoms with E-state index in [4.69, 9.17) is 9.05 Å². The van der Waals surface area contributed by atoms with Gasteiger partial charge in [-0.2, -0.15) is 0 Å². The van der Waals surface area contributed by atoms with Gasteiger partial charge in [0.15, 0.2) is 5.65 Å². The number of fused-ring (bicyclic) bond motifs is 1. The van der Waals surface area contributed by atoms with E-state index < -0.39 is 7.60 Å². The molecule has 0 aliphatic heterocycles. The Hall–Kier alpha value is -1.70. The highest BCUT2D eigenvalue weighted by atomic mass is 31.2. The Balaban J connectivity index is 1.89. The number of H-pyrrole nitrogens is 1. The van der Waals surface area contributed by atoms with Gasteiger partial charge in [0, 0.05) is 19.8 Å². The van der Waals surface area contributed by atoms with Crippen LogP contribution in [0.3, 0.4) is 0 Å². The minimum atomic E-state index is -2.97. The summed E-state index contributed by atoms with van der Waals surface area (Å²) < 4.78 is 25.2. The molecule has 0 amide bonds. The molecule has 0 fully saturated rings. The number of aryl methyl sites for hydroxylation is 1. The van der Waals surface area contributed by atoms with Crippen LogP contribution >= 0.6 is 7.60 Å². The molecule has 2 rings (SSSR count). The lowest BCUT2D eigenvalue weighted by molar-refractivity contribution is 0.209. The molecule has 2 aromatic heterocycles. The molecule has 0 bridgehead atoms. The zero-order valence-electron chi connectivity index (χ0n) is 14.9. The third-order valence-corrected chi connectivity index (χ3v) is 5.94. The number of hydrogen-bond donors (Lipinski definition) is 1. The Morgan fingerprint density at radius 3 is 2.64 bits per heavy atom. The quantitative estimate of drug-likeness (QED) is 0.504. The number of aromatic nitrogens is 4. The first-order valence-corrected chi connectivity index (χ1v) is 10.2. The standard InChI is InChI=1S/C15H25N4O5P/c1-4-23-25(22,5-2)24-10-8-6-7-9-19-14(20)12-13(17-11-16-12)18(3)15(19)21/h11H,4-10H2,1-3H3,(H,16,17). The van der Waals surface area contributed by atoms with Gasteiger partial charge in [0.25, 0.3) is 5.56 Å². The summed E-state index contributed by atoms with van der Waals surface area (Å²) in [7, 11) is -1.38. The van der Waals surface area contributed by atoms with Gasteiger partial charge in [-0.15, -0.1) is 0 Å². The number of hydrogen-bond acceptors (Lipinski definition) is 6. The molecule has 2 heterocycles. The number of nitrogens with one attached hydrogen (secondary N) is 1. The highest BCUT2D eigenvalue weighted by molar-refractivity contribution is 7.53. The molecule has 0 saturated heterocycles. The average molecular weight is 372 g/mol. The Morgan fingerprint density at radius 1 is 1.20 bits per heavy atom. The maximum absolute atomic E-state index is 12.3. The predicted molar refractivity (Wildman–Crippen MR) is 95.2 cm³/mol. The molecule has 1 atom stereocenters. The number of nitrogens with zero attached hydrogens (tertiary/aromatic N) is 3. The Labute approximate surface area is 145 Å². The summed E-state index contributed by atoms with van der Waals surface area (Å²) >= 11 is 0. The van der Waals surface area contributed by atoms with Crippen molar-refractivity contribution in [2.45, 2.75) is 39.7 Å². The van der Waals surface area contributed by atoms with Crippen LogP contribution < -0.4 is 11.2 Å². The number of rotatable bonds is 10. The summed E-state index contributed by atoms with van der Waals surface area (Å²) in [4.78, 5) is 31.3. The number of aromatic amines is 1. The van der Waals surface area contributed by atoms with Crippen LogP contribution in [0.5, 0.6) is 0 Å². The monoisotopic (exact) mass is 372 g/mol. The summed E-state index contributed by atoms with van der Waals surface area (Å²) in [5, 5.41) is 0. The van der Waals surface area contributed by atoms with Crippen molar-refractivity contribution in [3.8, 4) is 0 Å². The van der Waals surface area contributed by atoms with Crippen LogP contribution in [-0.2, 0) is 27.2 Å². The maximum Gasteiger partial charge on any atom is 0.332 e. The van der Waals surface area contributed by atoms with Crippen molar-refractivity contribution < 1.29 is 13.6 Å². The van der Waals surface area contributed by atoms with Crippen LogP contribution in [0.1, 0.15) is 33.1 Å². The molecule has 2 aromatic rings. The van der Waals surface area contributed by atoms with E-state index in [0.717, 1.165) is 6.42 Å². The minimum Gasteiger partial charge on any atom is -0.339 e. The normalized spacial score (nSPS) is 14.0. The topological polar surface area (TPSA) is 108 Å². The molecule has 1 unspecified atom stereocenters. The van der Waals surface area contributed by atoms with Crippen LogP contribution in [0.15, 0.2) is 15.9 Å². The van der Waals surface area contributed by atoms with E-state index in [1.807, 2.05) is 0 Å². The van der Waals surface area contributed by atoms with Gasteiger partial charge in [-0.3, -0.25) is 18.5 Å². The third-order valence-electron chi connectivity index (χ3n) is 3.94. The molecule has 10 heteroatoms. The molecule has 1 N–H and O–H groups in total. The van der Waals surface area contributed by atoms with Gasteiger partial charge >= 0.3 is 13.3 Å². The molecular formula is C15H25N4O5P. The highest BCUT2D eigenvalue weighted by Crippen LogP contribution is 2.47. The molecule has 0 aromatic carbocycles. The first-order chi connectivity index (χ1) is 11.9. The fourth-order valence-electron chi connectivity index (χ4n) is 2.56. The van der Waals surface area contributed by atoms with Crippen molar-refractivity contribution in [3.05, 3.63) is 27.2 Å². The van der Waals surface area contributed by atoms with Crippen molar-refractivity contribution in [3.63, 3.8) is 0 Å². The van der Waals surface area contributed by atoms with Crippen LogP contribution in [-0.4, -0.2) is 38.5 Å². The van der Waals surface area contributed by atoms with E-state index >= 15 is 0 Å². The van der Waals surface area contributed by atoms with Crippen LogP contribution in [0.25, 0.3) is 11.2 Å². The summed E-state index contributed by atoms with van der Waals surface area (Å²) in [6, 6.07) is 0. The maximum atomic E-state index is 12.3. The first kappa shape index (κ1) is 19.6. The molecule has 140 valence electrons. The Kier molecular flexibility index (Phi) is 6.75. The lowest BCUT2D eigenvalue weighted by Gasteiger charge is -2.15. The molecule has 0 radical (unpaired) electrons. The second-order valence-electron chi connectivity index (χ2n) is 5.64. The molecule has 0 saturated carbocycles.